The van der Waals surface area contributed by atoms with Crippen molar-refractivity contribution in [2.24, 2.45) is 4.99 Å². The normalized spacial score (nSPS) is 36.4. The van der Waals surface area contributed by atoms with E-state index in [1.54, 1.807) is 0 Å². The topological polar surface area (TPSA) is 48.9 Å². The predicted octanol–water partition coefficient (Wildman–Crippen LogP) is 1.30. The van der Waals surface area contributed by atoms with Gasteiger partial charge in [0.1, 0.15) is 0 Å². The van der Waals surface area contributed by atoms with Crippen LogP contribution in [-0.4, -0.2) is 73.8 Å². The van der Waals surface area contributed by atoms with Crippen molar-refractivity contribution in [3.05, 3.63) is 0 Å². The van der Waals surface area contributed by atoms with Gasteiger partial charge in [-0.05, 0) is 44.9 Å². The summed E-state index contributed by atoms with van der Waals surface area (Å²) in [4.78, 5) is 6.96. The minimum Gasteiger partial charge on any atom is -0.373 e. The Morgan fingerprint density at radius 3 is 3.05 bits per heavy atom. The summed E-state index contributed by atoms with van der Waals surface area (Å²) >= 11 is 1.99. The highest BCUT2D eigenvalue weighted by Crippen LogP contribution is 2.28. The van der Waals surface area contributed by atoms with Crippen LogP contribution in [0, 0.1) is 0 Å². The molecule has 2 heterocycles. The molecule has 22 heavy (non-hydrogen) atoms. The number of ether oxygens (including phenoxy) is 1. The number of fused-ring (bicyclic) bond motifs is 1. The Bertz CT molecular complexity index is 392. The lowest BCUT2D eigenvalue weighted by Gasteiger charge is -2.35. The smallest absolute Gasteiger partial charge is 0.191 e. The molecule has 5 nitrogen and oxygen atoms in total. The van der Waals surface area contributed by atoms with Crippen molar-refractivity contribution < 1.29 is 4.74 Å². The molecule has 4 unspecified atom stereocenters. The fourth-order valence-electron chi connectivity index (χ4n) is 3.89. The van der Waals surface area contributed by atoms with Crippen LogP contribution in [0.5, 0.6) is 0 Å². The van der Waals surface area contributed by atoms with Crippen LogP contribution in [0.3, 0.4) is 0 Å². The number of nitrogens with zero attached hydrogens (tertiary/aromatic N) is 2. The summed E-state index contributed by atoms with van der Waals surface area (Å²) in [6.45, 7) is 4.06. The Kier molecular flexibility index (Phi) is 5.88. The van der Waals surface area contributed by atoms with Gasteiger partial charge in [0.25, 0.3) is 0 Å². The minimum atomic E-state index is 0.287. The molecule has 0 aromatic carbocycles. The SMILES string of the molecule is CN=C(NCC1CN2CCCC2CO1)NC1CCC(SC)C1. The summed E-state index contributed by atoms with van der Waals surface area (Å²) in [7, 11) is 1.86. The van der Waals surface area contributed by atoms with Crippen LogP contribution in [0.4, 0.5) is 0 Å². The zero-order valence-corrected chi connectivity index (χ0v) is 14.7. The molecule has 0 radical (unpaired) electrons. The van der Waals surface area contributed by atoms with Crippen LogP contribution in [0.2, 0.25) is 0 Å². The highest BCUT2D eigenvalue weighted by atomic mass is 32.2. The lowest BCUT2D eigenvalue weighted by Crippen LogP contribution is -2.52. The van der Waals surface area contributed by atoms with Gasteiger partial charge in [0.2, 0.25) is 0 Å². The molecule has 2 saturated heterocycles. The standard InChI is InChI=1S/C16H30N4OS/c1-17-16(19-12-5-6-15(8-12)22-2)18-9-14-10-20-7-3-4-13(20)11-21-14/h12-15H,3-11H2,1-2H3,(H2,17,18,19). The number of nitrogens with one attached hydrogen (secondary N) is 2. The summed E-state index contributed by atoms with van der Waals surface area (Å²) in [5.74, 6) is 0.930. The summed E-state index contributed by atoms with van der Waals surface area (Å²) in [5, 5.41) is 7.84. The van der Waals surface area contributed by atoms with Gasteiger partial charge in [0.05, 0.1) is 12.7 Å². The Labute approximate surface area is 138 Å². The lowest BCUT2D eigenvalue weighted by atomic mass is 10.2. The monoisotopic (exact) mass is 326 g/mol. The fourth-order valence-corrected chi connectivity index (χ4v) is 4.69. The van der Waals surface area contributed by atoms with E-state index >= 15 is 0 Å². The van der Waals surface area contributed by atoms with Gasteiger partial charge in [-0.2, -0.15) is 11.8 Å². The molecule has 3 aliphatic rings. The number of hydrogen-bond donors (Lipinski definition) is 2. The van der Waals surface area contributed by atoms with Crippen LogP contribution in [0.1, 0.15) is 32.1 Å². The highest BCUT2D eigenvalue weighted by Gasteiger charge is 2.32. The summed E-state index contributed by atoms with van der Waals surface area (Å²) in [6.07, 6.45) is 8.95. The lowest BCUT2D eigenvalue weighted by molar-refractivity contribution is -0.0453. The van der Waals surface area contributed by atoms with E-state index in [4.69, 9.17) is 4.74 Å². The summed E-state index contributed by atoms with van der Waals surface area (Å²) in [6, 6.07) is 1.24. The third-order valence-electron chi connectivity index (χ3n) is 5.24. The minimum absolute atomic E-state index is 0.287. The molecule has 0 bridgehead atoms. The van der Waals surface area contributed by atoms with Crippen molar-refractivity contribution in [2.75, 3.05) is 39.5 Å². The largest absolute Gasteiger partial charge is 0.373 e. The van der Waals surface area contributed by atoms with E-state index in [1.165, 1.54) is 38.6 Å². The number of hydrogen-bond acceptors (Lipinski definition) is 4. The van der Waals surface area contributed by atoms with Crippen molar-refractivity contribution in [1.29, 1.82) is 0 Å². The van der Waals surface area contributed by atoms with Crippen LogP contribution in [0.15, 0.2) is 4.99 Å². The van der Waals surface area contributed by atoms with Gasteiger partial charge in [-0.3, -0.25) is 9.89 Å². The molecule has 6 heteroatoms. The van der Waals surface area contributed by atoms with Crippen LogP contribution < -0.4 is 10.6 Å². The first-order valence-electron chi connectivity index (χ1n) is 8.64. The van der Waals surface area contributed by atoms with Crippen molar-refractivity contribution in [3.8, 4) is 0 Å². The van der Waals surface area contributed by atoms with E-state index in [0.29, 0.717) is 12.1 Å². The second-order valence-electron chi connectivity index (χ2n) is 6.71. The van der Waals surface area contributed by atoms with E-state index in [9.17, 15) is 0 Å². The zero-order valence-electron chi connectivity index (χ0n) is 13.9. The Morgan fingerprint density at radius 1 is 1.36 bits per heavy atom. The van der Waals surface area contributed by atoms with E-state index < -0.39 is 0 Å². The molecule has 1 aliphatic carbocycles. The van der Waals surface area contributed by atoms with E-state index in [-0.39, 0.29) is 6.10 Å². The van der Waals surface area contributed by atoms with Crippen LogP contribution >= 0.6 is 11.8 Å². The molecular formula is C16H30N4OS. The molecule has 1 saturated carbocycles. The zero-order chi connectivity index (χ0) is 15.4. The summed E-state index contributed by atoms with van der Waals surface area (Å²) < 4.78 is 6.00. The number of aliphatic imine (C=N–C) groups is 1. The number of thioether (sulfide) groups is 1. The molecule has 3 fully saturated rings. The molecular weight excluding hydrogens is 296 g/mol. The highest BCUT2D eigenvalue weighted by molar-refractivity contribution is 7.99. The van der Waals surface area contributed by atoms with E-state index in [0.717, 1.165) is 30.9 Å². The molecule has 2 N–H and O–H groups in total. The average molecular weight is 327 g/mol. The van der Waals surface area contributed by atoms with Crippen LogP contribution in [-0.2, 0) is 4.74 Å². The predicted molar refractivity (Wildman–Crippen MR) is 93.8 cm³/mol. The van der Waals surface area contributed by atoms with Gasteiger partial charge < -0.3 is 15.4 Å². The van der Waals surface area contributed by atoms with Gasteiger partial charge in [-0.25, -0.2) is 0 Å². The van der Waals surface area contributed by atoms with Gasteiger partial charge in [0, 0.05) is 37.5 Å². The average Bonchev–Trinajstić information content (AvgIpc) is 3.19. The fraction of sp³-hybridized carbons (Fsp3) is 0.938. The third kappa shape index (κ3) is 4.09. The Morgan fingerprint density at radius 2 is 2.27 bits per heavy atom. The van der Waals surface area contributed by atoms with Crippen molar-refractivity contribution >= 4 is 17.7 Å². The molecule has 0 amide bonds. The number of morpholine rings is 1. The first-order valence-corrected chi connectivity index (χ1v) is 9.93. The Hall–Kier alpha value is -0.460. The molecule has 0 aromatic heterocycles. The number of rotatable bonds is 4. The summed E-state index contributed by atoms with van der Waals surface area (Å²) in [5.41, 5.74) is 0. The molecule has 0 aromatic rings. The quantitative estimate of drug-likeness (QED) is 0.602. The van der Waals surface area contributed by atoms with Gasteiger partial charge >= 0.3 is 0 Å². The maximum Gasteiger partial charge on any atom is 0.191 e. The molecule has 126 valence electrons. The second kappa shape index (κ2) is 7.88. The first kappa shape index (κ1) is 16.4. The first-order chi connectivity index (χ1) is 10.8. The second-order valence-corrected chi connectivity index (χ2v) is 7.85. The maximum absolute atomic E-state index is 6.00. The molecule has 4 atom stereocenters. The van der Waals surface area contributed by atoms with E-state index in [1.807, 2.05) is 18.8 Å². The van der Waals surface area contributed by atoms with Crippen molar-refractivity contribution in [1.82, 2.24) is 15.5 Å². The van der Waals surface area contributed by atoms with Crippen LogP contribution in [0.25, 0.3) is 0 Å². The maximum atomic E-state index is 6.00. The van der Waals surface area contributed by atoms with Gasteiger partial charge in [-0.1, -0.05) is 0 Å². The third-order valence-corrected chi connectivity index (χ3v) is 6.34. The molecule has 0 spiro atoms. The molecule has 2 aliphatic heterocycles. The molecule has 3 rings (SSSR count). The van der Waals surface area contributed by atoms with Gasteiger partial charge in [0.15, 0.2) is 5.96 Å². The number of guanidine groups is 1. The Balaban J connectivity index is 1.40. The van der Waals surface area contributed by atoms with Crippen molar-refractivity contribution in [2.45, 2.75) is 55.5 Å². The van der Waals surface area contributed by atoms with E-state index in [2.05, 4.69) is 26.8 Å². The van der Waals surface area contributed by atoms with Crippen molar-refractivity contribution in [3.63, 3.8) is 0 Å². The van der Waals surface area contributed by atoms with Gasteiger partial charge in [-0.15, -0.1) is 0 Å².